The lowest BCUT2D eigenvalue weighted by atomic mass is 9.86. The van der Waals surface area contributed by atoms with Crippen LogP contribution < -0.4 is 10.1 Å². The van der Waals surface area contributed by atoms with Crippen LogP contribution in [0, 0.1) is 5.92 Å². The molecule has 1 aliphatic rings. The Morgan fingerprint density at radius 1 is 1.35 bits per heavy atom. The number of nitrogens with one attached hydrogen (secondary N) is 1. The van der Waals surface area contributed by atoms with Crippen molar-refractivity contribution < 1.29 is 19.1 Å². The van der Waals surface area contributed by atoms with E-state index in [2.05, 4.69) is 5.32 Å². The second kappa shape index (κ2) is 6.24. The summed E-state index contributed by atoms with van der Waals surface area (Å²) in [6, 6.07) is 5.10. The van der Waals surface area contributed by atoms with Crippen molar-refractivity contribution >= 4 is 29.1 Å². The number of esters is 1. The number of hydrogen-bond acceptors (Lipinski definition) is 4. The number of amides is 1. The summed E-state index contributed by atoms with van der Waals surface area (Å²) in [6.45, 7) is 7.01. The molecule has 0 fully saturated rings. The van der Waals surface area contributed by atoms with Gasteiger partial charge in [-0.15, -0.1) is 0 Å². The summed E-state index contributed by atoms with van der Waals surface area (Å²) in [7, 11) is 1.50. The van der Waals surface area contributed by atoms with Crippen molar-refractivity contribution in [1.29, 1.82) is 0 Å². The van der Waals surface area contributed by atoms with E-state index in [0.29, 0.717) is 16.3 Å². The van der Waals surface area contributed by atoms with Gasteiger partial charge in [-0.25, -0.2) is 0 Å². The third-order valence-electron chi connectivity index (χ3n) is 4.14. The molecule has 1 N–H and O–H groups in total. The Morgan fingerprint density at radius 2 is 2.00 bits per heavy atom. The van der Waals surface area contributed by atoms with E-state index in [9.17, 15) is 9.59 Å². The molecule has 1 heterocycles. The van der Waals surface area contributed by atoms with Gasteiger partial charge in [0, 0.05) is 6.92 Å². The van der Waals surface area contributed by atoms with Crippen LogP contribution in [-0.4, -0.2) is 24.5 Å². The Balaban J connectivity index is 2.78. The fraction of sp³-hybridized carbons (Fsp3) is 0.412. The smallest absolute Gasteiger partial charge is 0.307 e. The van der Waals surface area contributed by atoms with Gasteiger partial charge in [-0.3, -0.25) is 9.59 Å². The molecule has 0 aromatic heterocycles. The van der Waals surface area contributed by atoms with Gasteiger partial charge >= 0.3 is 5.97 Å². The highest BCUT2D eigenvalue weighted by Gasteiger charge is 2.47. The van der Waals surface area contributed by atoms with Crippen molar-refractivity contribution in [2.24, 2.45) is 5.92 Å². The van der Waals surface area contributed by atoms with Crippen LogP contribution in [0.5, 0.6) is 5.75 Å². The standard InChI is InChI=1S/C17H20ClNO4/c1-9(2)17(4)15(23-10(3)20)14(16(21)19-17)13-11(18)7-6-8-12(13)22-5/h6-9H,1-5H3,(H,19,21). The van der Waals surface area contributed by atoms with Crippen molar-refractivity contribution in [2.75, 3.05) is 7.11 Å². The van der Waals surface area contributed by atoms with E-state index in [1.807, 2.05) is 20.8 Å². The van der Waals surface area contributed by atoms with E-state index in [-0.39, 0.29) is 23.2 Å². The van der Waals surface area contributed by atoms with E-state index in [4.69, 9.17) is 21.1 Å². The minimum atomic E-state index is -0.803. The van der Waals surface area contributed by atoms with Crippen LogP contribution in [0.2, 0.25) is 5.02 Å². The largest absolute Gasteiger partial charge is 0.496 e. The fourth-order valence-corrected chi connectivity index (χ4v) is 2.83. The molecule has 0 aliphatic carbocycles. The molecule has 1 aliphatic heterocycles. The first-order valence-electron chi connectivity index (χ1n) is 7.31. The highest BCUT2D eigenvalue weighted by Crippen LogP contribution is 2.43. The lowest BCUT2D eigenvalue weighted by molar-refractivity contribution is -0.138. The highest BCUT2D eigenvalue weighted by molar-refractivity contribution is 6.36. The molecule has 1 amide bonds. The van der Waals surface area contributed by atoms with Crippen LogP contribution in [0.1, 0.15) is 33.3 Å². The Kier molecular flexibility index (Phi) is 4.71. The number of hydrogen-bond donors (Lipinski definition) is 1. The SMILES string of the molecule is COc1cccc(Cl)c1C1=C(OC(C)=O)C(C)(C(C)C)NC1=O. The van der Waals surface area contributed by atoms with E-state index in [1.54, 1.807) is 18.2 Å². The first-order chi connectivity index (χ1) is 10.7. The molecular weight excluding hydrogens is 318 g/mol. The molecule has 1 aromatic carbocycles. The van der Waals surface area contributed by atoms with Crippen LogP contribution in [0.4, 0.5) is 0 Å². The molecule has 0 bridgehead atoms. The van der Waals surface area contributed by atoms with Crippen molar-refractivity contribution in [3.63, 3.8) is 0 Å². The summed E-state index contributed by atoms with van der Waals surface area (Å²) < 4.78 is 10.8. The Hall–Kier alpha value is -2.01. The van der Waals surface area contributed by atoms with Gasteiger partial charge in [0.2, 0.25) is 0 Å². The van der Waals surface area contributed by atoms with Gasteiger partial charge in [-0.05, 0) is 25.0 Å². The van der Waals surface area contributed by atoms with Crippen molar-refractivity contribution in [3.05, 3.63) is 34.5 Å². The van der Waals surface area contributed by atoms with Gasteiger partial charge < -0.3 is 14.8 Å². The summed E-state index contributed by atoms with van der Waals surface area (Å²) in [5, 5.41) is 3.26. The zero-order chi connectivity index (χ0) is 17.4. The number of benzene rings is 1. The summed E-state index contributed by atoms with van der Waals surface area (Å²) >= 11 is 6.29. The minimum Gasteiger partial charge on any atom is -0.496 e. The number of carbonyl (C=O) groups excluding carboxylic acids is 2. The molecule has 0 saturated heterocycles. The molecule has 2 rings (SSSR count). The van der Waals surface area contributed by atoms with Crippen LogP contribution in [0.15, 0.2) is 24.0 Å². The summed E-state index contributed by atoms with van der Waals surface area (Å²) in [6.07, 6.45) is 0. The Labute approximate surface area is 140 Å². The van der Waals surface area contributed by atoms with Crippen molar-refractivity contribution in [1.82, 2.24) is 5.32 Å². The van der Waals surface area contributed by atoms with E-state index in [1.165, 1.54) is 14.0 Å². The van der Waals surface area contributed by atoms with Gasteiger partial charge in [-0.1, -0.05) is 31.5 Å². The highest BCUT2D eigenvalue weighted by atomic mass is 35.5. The average Bonchev–Trinajstić information content (AvgIpc) is 2.70. The maximum atomic E-state index is 12.6. The third kappa shape index (κ3) is 2.93. The van der Waals surface area contributed by atoms with Gasteiger partial charge in [-0.2, -0.15) is 0 Å². The molecular formula is C17H20ClNO4. The van der Waals surface area contributed by atoms with E-state index < -0.39 is 11.5 Å². The predicted octanol–water partition coefficient (Wildman–Crippen LogP) is 3.17. The fourth-order valence-electron chi connectivity index (χ4n) is 2.57. The molecule has 1 aromatic rings. The lowest BCUT2D eigenvalue weighted by Crippen LogP contribution is -2.46. The van der Waals surface area contributed by atoms with Crippen molar-refractivity contribution in [2.45, 2.75) is 33.2 Å². The molecule has 5 nitrogen and oxygen atoms in total. The third-order valence-corrected chi connectivity index (χ3v) is 4.46. The monoisotopic (exact) mass is 337 g/mol. The summed E-state index contributed by atoms with van der Waals surface area (Å²) in [5.41, 5.74) is -0.143. The predicted molar refractivity (Wildman–Crippen MR) is 88.1 cm³/mol. The quantitative estimate of drug-likeness (QED) is 0.857. The molecule has 1 unspecified atom stereocenters. The normalized spacial score (nSPS) is 20.7. The number of ether oxygens (including phenoxy) is 2. The molecule has 124 valence electrons. The first kappa shape index (κ1) is 17.3. The van der Waals surface area contributed by atoms with Gasteiger partial charge in [0.1, 0.15) is 11.5 Å². The molecule has 6 heteroatoms. The summed E-state index contributed by atoms with van der Waals surface area (Å²) in [5.74, 6) is -0.112. The summed E-state index contributed by atoms with van der Waals surface area (Å²) in [4.78, 5) is 24.2. The maximum absolute atomic E-state index is 12.6. The second-order valence-electron chi connectivity index (χ2n) is 5.93. The Morgan fingerprint density at radius 3 is 2.52 bits per heavy atom. The number of halogens is 1. The average molecular weight is 338 g/mol. The molecule has 0 saturated carbocycles. The number of carbonyl (C=O) groups is 2. The van der Waals surface area contributed by atoms with Crippen LogP contribution in [-0.2, 0) is 14.3 Å². The zero-order valence-electron chi connectivity index (χ0n) is 13.8. The second-order valence-corrected chi connectivity index (χ2v) is 6.33. The Bertz CT molecular complexity index is 696. The van der Waals surface area contributed by atoms with Crippen LogP contribution in [0.3, 0.4) is 0 Å². The molecule has 23 heavy (non-hydrogen) atoms. The lowest BCUT2D eigenvalue weighted by Gasteiger charge is -2.31. The topological polar surface area (TPSA) is 64.6 Å². The number of rotatable bonds is 4. The van der Waals surface area contributed by atoms with Gasteiger partial charge in [0.15, 0.2) is 0 Å². The van der Waals surface area contributed by atoms with E-state index in [0.717, 1.165) is 0 Å². The zero-order valence-corrected chi connectivity index (χ0v) is 14.6. The first-order valence-corrected chi connectivity index (χ1v) is 7.68. The van der Waals surface area contributed by atoms with Crippen LogP contribution in [0.25, 0.3) is 5.57 Å². The van der Waals surface area contributed by atoms with E-state index >= 15 is 0 Å². The maximum Gasteiger partial charge on any atom is 0.307 e. The molecule has 1 atom stereocenters. The molecule has 0 spiro atoms. The van der Waals surface area contributed by atoms with Crippen molar-refractivity contribution in [3.8, 4) is 5.75 Å². The number of methoxy groups -OCH3 is 1. The van der Waals surface area contributed by atoms with Gasteiger partial charge in [0.05, 0.1) is 28.8 Å². The minimum absolute atomic E-state index is 0.00628. The van der Waals surface area contributed by atoms with Gasteiger partial charge in [0.25, 0.3) is 5.91 Å². The van der Waals surface area contributed by atoms with Crippen LogP contribution >= 0.6 is 11.6 Å². The molecule has 0 radical (unpaired) electrons.